The highest BCUT2D eigenvalue weighted by atomic mass is 35.5. The molecule has 2 saturated carbocycles. The van der Waals surface area contributed by atoms with Gasteiger partial charge in [0, 0.05) is 33.1 Å². The van der Waals surface area contributed by atoms with Crippen molar-refractivity contribution < 1.29 is 9.59 Å². The Morgan fingerprint density at radius 3 is 2.04 bits per heavy atom. The molecule has 0 aliphatic heterocycles. The third-order valence-corrected chi connectivity index (χ3v) is 6.27. The second kappa shape index (κ2) is 7.05. The molecule has 2 fully saturated rings. The van der Waals surface area contributed by atoms with Gasteiger partial charge in [0.25, 0.3) is 5.91 Å². The molecule has 0 spiro atoms. The molecule has 2 aromatic carbocycles. The lowest BCUT2D eigenvalue weighted by Gasteiger charge is -2.23. The topological polar surface area (TPSA) is 46.2 Å². The van der Waals surface area contributed by atoms with Crippen molar-refractivity contribution in [1.29, 1.82) is 0 Å². The van der Waals surface area contributed by atoms with E-state index < -0.39 is 0 Å². The highest BCUT2D eigenvalue weighted by Gasteiger charge is 2.51. The van der Waals surface area contributed by atoms with Crippen LogP contribution in [0.4, 0.5) is 0 Å². The zero-order valence-electron chi connectivity index (χ0n) is 14.1. The second-order valence-corrected chi connectivity index (χ2v) is 8.09. The molecule has 2 bridgehead atoms. The monoisotopic (exact) mass is 387 g/mol. The van der Waals surface area contributed by atoms with E-state index in [1.165, 1.54) is 0 Å². The van der Waals surface area contributed by atoms with Gasteiger partial charge in [-0.1, -0.05) is 23.2 Å². The summed E-state index contributed by atoms with van der Waals surface area (Å²) in [6, 6.07) is 14.0. The van der Waals surface area contributed by atoms with Crippen LogP contribution in [0.2, 0.25) is 10.0 Å². The van der Waals surface area contributed by atoms with Crippen LogP contribution < -0.4 is 5.32 Å². The van der Waals surface area contributed by atoms with Gasteiger partial charge >= 0.3 is 0 Å². The Labute approximate surface area is 162 Å². The van der Waals surface area contributed by atoms with Crippen LogP contribution in [0.25, 0.3) is 0 Å². The summed E-state index contributed by atoms with van der Waals surface area (Å²) in [5, 5.41) is 4.37. The number of benzene rings is 2. The smallest absolute Gasteiger partial charge is 0.251 e. The second-order valence-electron chi connectivity index (χ2n) is 7.22. The lowest BCUT2D eigenvalue weighted by molar-refractivity contribution is 0.0864. The van der Waals surface area contributed by atoms with E-state index in [4.69, 9.17) is 23.2 Å². The SMILES string of the molecule is O=C(N[C@H]1C[C@@H]2CC[C@H]1[C@@H]2C(=O)c1ccc(Cl)cc1)c1ccc(Cl)cc1. The van der Waals surface area contributed by atoms with Crippen molar-refractivity contribution in [2.24, 2.45) is 17.8 Å². The average molecular weight is 388 g/mol. The molecule has 2 aromatic rings. The van der Waals surface area contributed by atoms with Crippen LogP contribution in [-0.2, 0) is 0 Å². The molecule has 4 atom stereocenters. The first-order valence-corrected chi connectivity index (χ1v) is 9.65. The summed E-state index contributed by atoms with van der Waals surface area (Å²) in [5.41, 5.74) is 1.30. The number of fused-ring (bicyclic) bond motifs is 2. The molecular formula is C21H19Cl2NO2. The van der Waals surface area contributed by atoms with E-state index in [2.05, 4.69) is 5.32 Å². The zero-order valence-corrected chi connectivity index (χ0v) is 15.6. The Hall–Kier alpha value is -1.84. The highest BCUT2D eigenvalue weighted by molar-refractivity contribution is 6.31. The third-order valence-electron chi connectivity index (χ3n) is 5.77. The van der Waals surface area contributed by atoms with Gasteiger partial charge in [-0.25, -0.2) is 0 Å². The van der Waals surface area contributed by atoms with Gasteiger partial charge in [-0.05, 0) is 79.6 Å². The number of hydrogen-bond donors (Lipinski definition) is 1. The van der Waals surface area contributed by atoms with Crippen molar-refractivity contribution in [2.45, 2.75) is 25.3 Å². The number of carbonyl (C=O) groups is 2. The molecule has 2 aliphatic rings. The molecule has 0 unspecified atom stereocenters. The number of rotatable bonds is 4. The fourth-order valence-electron chi connectivity index (χ4n) is 4.57. The van der Waals surface area contributed by atoms with Crippen LogP contribution in [0.15, 0.2) is 48.5 Å². The molecule has 2 aliphatic carbocycles. The molecule has 26 heavy (non-hydrogen) atoms. The van der Waals surface area contributed by atoms with E-state index in [0.717, 1.165) is 19.3 Å². The van der Waals surface area contributed by atoms with Crippen LogP contribution in [0.1, 0.15) is 40.0 Å². The summed E-state index contributed by atoms with van der Waals surface area (Å²) >= 11 is 11.8. The predicted molar refractivity (Wildman–Crippen MR) is 103 cm³/mol. The van der Waals surface area contributed by atoms with E-state index in [9.17, 15) is 9.59 Å². The van der Waals surface area contributed by atoms with Gasteiger partial charge in [-0.15, -0.1) is 0 Å². The lowest BCUT2D eigenvalue weighted by Crippen LogP contribution is -2.39. The van der Waals surface area contributed by atoms with Crippen LogP contribution in [0, 0.1) is 17.8 Å². The number of nitrogens with one attached hydrogen (secondary N) is 1. The Balaban J connectivity index is 1.47. The van der Waals surface area contributed by atoms with Crippen molar-refractivity contribution in [1.82, 2.24) is 5.32 Å². The van der Waals surface area contributed by atoms with Crippen molar-refractivity contribution in [3.05, 3.63) is 69.7 Å². The van der Waals surface area contributed by atoms with Crippen LogP contribution in [0.5, 0.6) is 0 Å². The number of ketones is 1. The van der Waals surface area contributed by atoms with E-state index in [-0.39, 0.29) is 29.6 Å². The van der Waals surface area contributed by atoms with Crippen molar-refractivity contribution >= 4 is 34.9 Å². The Kier molecular flexibility index (Phi) is 4.76. The summed E-state index contributed by atoms with van der Waals surface area (Å²) in [6.45, 7) is 0. The molecule has 4 rings (SSSR count). The fraction of sp³-hybridized carbons (Fsp3) is 0.333. The maximum atomic E-state index is 13.0. The average Bonchev–Trinajstić information content (AvgIpc) is 3.20. The quantitative estimate of drug-likeness (QED) is 0.748. The summed E-state index contributed by atoms with van der Waals surface area (Å²) in [4.78, 5) is 25.5. The summed E-state index contributed by atoms with van der Waals surface area (Å²) < 4.78 is 0. The Morgan fingerprint density at radius 2 is 1.42 bits per heavy atom. The molecule has 5 heteroatoms. The summed E-state index contributed by atoms with van der Waals surface area (Å²) in [6.07, 6.45) is 2.91. The van der Waals surface area contributed by atoms with Gasteiger partial charge in [-0.3, -0.25) is 9.59 Å². The van der Waals surface area contributed by atoms with Gasteiger partial charge in [0.05, 0.1) is 0 Å². The van der Waals surface area contributed by atoms with Crippen molar-refractivity contribution in [3.8, 4) is 0 Å². The van der Waals surface area contributed by atoms with Gasteiger partial charge in [0.1, 0.15) is 0 Å². The molecule has 1 N–H and O–H groups in total. The molecular weight excluding hydrogens is 369 g/mol. The predicted octanol–water partition coefficient (Wildman–Crippen LogP) is 5.02. The highest BCUT2D eigenvalue weighted by Crippen LogP contribution is 2.50. The maximum absolute atomic E-state index is 13.0. The molecule has 0 aromatic heterocycles. The van der Waals surface area contributed by atoms with Crippen LogP contribution in [-0.4, -0.2) is 17.7 Å². The summed E-state index contributed by atoms with van der Waals surface area (Å²) in [5.74, 6) is 0.624. The van der Waals surface area contributed by atoms with E-state index in [1.807, 2.05) is 0 Å². The number of halogens is 2. The van der Waals surface area contributed by atoms with E-state index >= 15 is 0 Å². The van der Waals surface area contributed by atoms with Gasteiger partial charge in [0.15, 0.2) is 5.78 Å². The largest absolute Gasteiger partial charge is 0.349 e. The molecule has 0 radical (unpaired) electrons. The first-order valence-electron chi connectivity index (χ1n) is 8.89. The zero-order chi connectivity index (χ0) is 18.3. The van der Waals surface area contributed by atoms with Crippen LogP contribution >= 0.6 is 23.2 Å². The first kappa shape index (κ1) is 17.6. The fourth-order valence-corrected chi connectivity index (χ4v) is 4.82. The number of carbonyl (C=O) groups excluding carboxylic acids is 2. The molecule has 0 heterocycles. The molecule has 3 nitrogen and oxygen atoms in total. The third kappa shape index (κ3) is 3.26. The number of hydrogen-bond acceptors (Lipinski definition) is 2. The van der Waals surface area contributed by atoms with Crippen molar-refractivity contribution in [3.63, 3.8) is 0 Å². The lowest BCUT2D eigenvalue weighted by atomic mass is 9.88. The van der Waals surface area contributed by atoms with E-state index in [0.29, 0.717) is 27.1 Å². The first-order chi connectivity index (χ1) is 12.5. The Bertz CT molecular complexity index is 832. The maximum Gasteiger partial charge on any atom is 0.251 e. The Morgan fingerprint density at radius 1 is 0.846 bits per heavy atom. The normalized spacial score (nSPS) is 26.7. The minimum atomic E-state index is -0.100. The number of Topliss-reactive ketones (excluding diaryl/α,β-unsaturated/α-hetero) is 1. The van der Waals surface area contributed by atoms with Crippen molar-refractivity contribution in [2.75, 3.05) is 0 Å². The molecule has 1 amide bonds. The summed E-state index contributed by atoms with van der Waals surface area (Å²) in [7, 11) is 0. The number of amides is 1. The molecule has 134 valence electrons. The van der Waals surface area contributed by atoms with Gasteiger partial charge in [-0.2, -0.15) is 0 Å². The van der Waals surface area contributed by atoms with Crippen LogP contribution in [0.3, 0.4) is 0 Å². The standard InChI is InChI=1S/C21H19Cl2NO2/c22-15-6-1-12(2-7-15)20(25)19-14-5-10-17(19)18(11-14)24-21(26)13-3-8-16(23)9-4-13/h1-4,6-9,14,17-19H,5,10-11H2,(H,24,26)/t14-,17+,18-,19+/m0/s1. The van der Waals surface area contributed by atoms with Gasteiger partial charge in [0.2, 0.25) is 0 Å². The van der Waals surface area contributed by atoms with E-state index in [1.54, 1.807) is 48.5 Å². The van der Waals surface area contributed by atoms with Gasteiger partial charge < -0.3 is 5.32 Å². The minimum Gasteiger partial charge on any atom is -0.349 e. The minimum absolute atomic E-state index is 0.00769. The molecule has 0 saturated heterocycles.